The average molecular weight is 448 g/mol. The minimum atomic E-state index is -1.54. The number of benzene rings is 1. The van der Waals surface area contributed by atoms with Crippen molar-refractivity contribution in [1.29, 1.82) is 0 Å². The van der Waals surface area contributed by atoms with E-state index in [1.807, 2.05) is 13.0 Å². The smallest absolute Gasteiger partial charge is 0.194 e. The third-order valence-corrected chi connectivity index (χ3v) is 6.38. The molecule has 2 aromatic rings. The van der Waals surface area contributed by atoms with Crippen molar-refractivity contribution in [2.45, 2.75) is 46.1 Å². The number of phenolic OH excluding ortho intramolecular Hbond substituents is 2. The zero-order valence-electron chi connectivity index (χ0n) is 18.9. The summed E-state index contributed by atoms with van der Waals surface area (Å²) in [7, 11) is 0. The lowest BCUT2D eigenvalue weighted by Crippen LogP contribution is -2.41. The van der Waals surface area contributed by atoms with Crippen LogP contribution in [0.15, 0.2) is 47.6 Å². The quantitative estimate of drug-likeness (QED) is 0.370. The monoisotopic (exact) mass is 448 g/mol. The Bertz CT molecular complexity index is 1290. The fraction of sp³-hybridized carbons (Fsp3) is 0.280. The molecule has 1 aromatic heterocycles. The fourth-order valence-electron chi connectivity index (χ4n) is 4.47. The van der Waals surface area contributed by atoms with E-state index >= 15 is 0 Å². The standard InChI is InChI=1S/C25H24N2O6/c1-11-21(30)19(14(4)28)23-20(22(11)31)25(5)17(33-23)9-16(29)18(24(25)32)13(3)27-12(2)15-7-6-8-26-10-15/h6-10,12,27,30-31H,1-5H3/b18-13+/t12-,25-/m0/s1. The molecule has 0 bridgehead atoms. The number of fused-ring (bicyclic) bond motifs is 3. The Morgan fingerprint density at radius 3 is 2.52 bits per heavy atom. The first-order valence-corrected chi connectivity index (χ1v) is 10.5. The molecule has 1 aliphatic carbocycles. The number of aromatic hydroxyl groups is 2. The van der Waals surface area contributed by atoms with E-state index < -0.39 is 28.5 Å². The molecule has 1 aliphatic heterocycles. The molecule has 8 nitrogen and oxygen atoms in total. The van der Waals surface area contributed by atoms with Gasteiger partial charge in [0, 0.05) is 35.8 Å². The van der Waals surface area contributed by atoms with Crippen LogP contribution in [0.25, 0.3) is 0 Å². The zero-order valence-corrected chi connectivity index (χ0v) is 18.9. The summed E-state index contributed by atoms with van der Waals surface area (Å²) in [5.41, 5.74) is -0.373. The van der Waals surface area contributed by atoms with Gasteiger partial charge in [0.2, 0.25) is 0 Å². The summed E-state index contributed by atoms with van der Waals surface area (Å²) < 4.78 is 5.77. The number of ketones is 3. The number of pyridine rings is 1. The van der Waals surface area contributed by atoms with Crippen LogP contribution in [0.5, 0.6) is 17.2 Å². The second kappa shape index (κ2) is 7.58. The van der Waals surface area contributed by atoms with Crippen LogP contribution in [0.4, 0.5) is 0 Å². The summed E-state index contributed by atoms with van der Waals surface area (Å²) in [6.07, 6.45) is 4.55. The van der Waals surface area contributed by atoms with Crippen molar-refractivity contribution >= 4 is 17.3 Å². The topological polar surface area (TPSA) is 126 Å². The van der Waals surface area contributed by atoms with Gasteiger partial charge in [-0.3, -0.25) is 19.4 Å². The zero-order chi connectivity index (χ0) is 24.2. The van der Waals surface area contributed by atoms with Gasteiger partial charge in [0.25, 0.3) is 0 Å². The second-order valence-electron chi connectivity index (χ2n) is 8.54. The summed E-state index contributed by atoms with van der Waals surface area (Å²) in [5.74, 6) is -2.47. The second-order valence-corrected chi connectivity index (χ2v) is 8.54. The van der Waals surface area contributed by atoms with Gasteiger partial charge in [-0.15, -0.1) is 0 Å². The number of allylic oxidation sites excluding steroid dienone is 4. The summed E-state index contributed by atoms with van der Waals surface area (Å²) in [6.45, 7) is 7.75. The third kappa shape index (κ3) is 3.13. The predicted molar refractivity (Wildman–Crippen MR) is 119 cm³/mol. The van der Waals surface area contributed by atoms with Crippen LogP contribution in [0.3, 0.4) is 0 Å². The SMILES string of the molecule is CC(=O)c1c(O)c(C)c(O)c2c1OC1=CC(=O)/C(=C(/C)N[C@@H](C)c3cccnc3)C(=O)[C@@]12C. The molecule has 0 amide bonds. The van der Waals surface area contributed by atoms with Gasteiger partial charge in [0.15, 0.2) is 17.3 Å². The molecule has 8 heteroatoms. The van der Waals surface area contributed by atoms with Crippen molar-refractivity contribution in [3.8, 4) is 17.2 Å². The molecule has 2 heterocycles. The Morgan fingerprint density at radius 1 is 1.21 bits per heavy atom. The number of ether oxygens (including phenoxy) is 1. The number of rotatable bonds is 4. The number of aromatic nitrogens is 1. The van der Waals surface area contributed by atoms with Gasteiger partial charge < -0.3 is 20.3 Å². The largest absolute Gasteiger partial charge is 0.507 e. The molecule has 0 fully saturated rings. The van der Waals surface area contributed by atoms with Crippen LogP contribution in [0.1, 0.15) is 60.8 Å². The summed E-state index contributed by atoms with van der Waals surface area (Å²) in [4.78, 5) is 43.1. The first-order chi connectivity index (χ1) is 15.5. The van der Waals surface area contributed by atoms with Crippen LogP contribution in [0.2, 0.25) is 0 Å². The lowest BCUT2D eigenvalue weighted by molar-refractivity contribution is -0.123. The number of carbonyl (C=O) groups is 3. The highest BCUT2D eigenvalue weighted by Gasteiger charge is 2.56. The molecule has 1 aromatic carbocycles. The van der Waals surface area contributed by atoms with Crippen molar-refractivity contribution in [2.24, 2.45) is 0 Å². The summed E-state index contributed by atoms with van der Waals surface area (Å²) in [5, 5.41) is 24.5. The van der Waals surface area contributed by atoms with Gasteiger partial charge in [0.05, 0.1) is 11.1 Å². The van der Waals surface area contributed by atoms with Crippen molar-refractivity contribution in [1.82, 2.24) is 10.3 Å². The maximum Gasteiger partial charge on any atom is 0.194 e. The molecule has 0 spiro atoms. The Balaban J connectivity index is 1.87. The number of carbonyl (C=O) groups excluding carboxylic acids is 3. The molecular formula is C25H24N2O6. The van der Waals surface area contributed by atoms with Crippen LogP contribution >= 0.6 is 0 Å². The number of phenols is 2. The Labute approximate surface area is 190 Å². The Hall–Kier alpha value is -3.94. The van der Waals surface area contributed by atoms with E-state index in [9.17, 15) is 24.6 Å². The van der Waals surface area contributed by atoms with Gasteiger partial charge in [-0.25, -0.2) is 0 Å². The minimum Gasteiger partial charge on any atom is -0.507 e. The van der Waals surface area contributed by atoms with Gasteiger partial charge >= 0.3 is 0 Å². The van der Waals surface area contributed by atoms with Crippen LogP contribution in [0, 0.1) is 6.92 Å². The predicted octanol–water partition coefficient (Wildman–Crippen LogP) is 3.31. The first kappa shape index (κ1) is 22.3. The number of hydrogen-bond donors (Lipinski definition) is 3. The van der Waals surface area contributed by atoms with Crippen molar-refractivity contribution in [2.75, 3.05) is 0 Å². The highest BCUT2D eigenvalue weighted by Crippen LogP contribution is 2.57. The van der Waals surface area contributed by atoms with E-state index in [1.54, 1.807) is 25.4 Å². The average Bonchev–Trinajstić information content (AvgIpc) is 3.05. The lowest BCUT2D eigenvalue weighted by atomic mass is 9.70. The molecule has 170 valence electrons. The van der Waals surface area contributed by atoms with Gasteiger partial charge in [0.1, 0.15) is 34.0 Å². The van der Waals surface area contributed by atoms with E-state index in [4.69, 9.17) is 4.74 Å². The van der Waals surface area contributed by atoms with Crippen LogP contribution in [-0.2, 0) is 15.0 Å². The van der Waals surface area contributed by atoms with Crippen LogP contribution in [-0.4, -0.2) is 32.5 Å². The highest BCUT2D eigenvalue weighted by atomic mass is 16.5. The summed E-state index contributed by atoms with van der Waals surface area (Å²) in [6, 6.07) is 3.45. The lowest BCUT2D eigenvalue weighted by Gasteiger charge is -2.29. The molecule has 0 saturated carbocycles. The molecule has 33 heavy (non-hydrogen) atoms. The maximum atomic E-state index is 13.8. The number of Topliss-reactive ketones (excluding diaryl/α,β-unsaturated/α-hetero) is 2. The van der Waals surface area contributed by atoms with Crippen LogP contribution < -0.4 is 10.1 Å². The molecule has 3 N–H and O–H groups in total. The van der Waals surface area contributed by atoms with E-state index in [0.717, 1.165) is 5.56 Å². The summed E-state index contributed by atoms with van der Waals surface area (Å²) >= 11 is 0. The van der Waals surface area contributed by atoms with Crippen molar-refractivity contribution < 1.29 is 29.3 Å². The minimum absolute atomic E-state index is 0.00663. The molecule has 0 unspecified atom stereocenters. The highest BCUT2D eigenvalue weighted by molar-refractivity contribution is 6.31. The van der Waals surface area contributed by atoms with Crippen molar-refractivity contribution in [3.63, 3.8) is 0 Å². The molecule has 0 radical (unpaired) electrons. The maximum absolute atomic E-state index is 13.8. The van der Waals surface area contributed by atoms with E-state index in [2.05, 4.69) is 10.3 Å². The number of hydrogen-bond acceptors (Lipinski definition) is 8. The van der Waals surface area contributed by atoms with E-state index in [-0.39, 0.29) is 45.6 Å². The Kier molecular flexibility index (Phi) is 5.11. The fourth-order valence-corrected chi connectivity index (χ4v) is 4.47. The molecule has 2 aliphatic rings. The molecule has 2 atom stereocenters. The molecule has 0 saturated heterocycles. The van der Waals surface area contributed by atoms with Crippen molar-refractivity contribution in [3.05, 3.63) is 69.9 Å². The number of nitrogens with one attached hydrogen (secondary N) is 1. The van der Waals surface area contributed by atoms with E-state index in [0.29, 0.717) is 5.70 Å². The van der Waals surface area contributed by atoms with Gasteiger partial charge in [-0.2, -0.15) is 0 Å². The Morgan fingerprint density at radius 2 is 1.91 bits per heavy atom. The normalized spacial score (nSPS) is 21.5. The van der Waals surface area contributed by atoms with E-state index in [1.165, 1.54) is 26.8 Å². The van der Waals surface area contributed by atoms with Gasteiger partial charge in [-0.1, -0.05) is 6.07 Å². The molecular weight excluding hydrogens is 424 g/mol. The third-order valence-electron chi connectivity index (χ3n) is 6.38. The number of nitrogens with zero attached hydrogens (tertiary/aromatic N) is 1. The van der Waals surface area contributed by atoms with Gasteiger partial charge in [-0.05, 0) is 46.2 Å². The molecule has 4 rings (SSSR count). The first-order valence-electron chi connectivity index (χ1n) is 10.5.